The summed E-state index contributed by atoms with van der Waals surface area (Å²) >= 11 is 0. The summed E-state index contributed by atoms with van der Waals surface area (Å²) in [6.07, 6.45) is 7.38. The average Bonchev–Trinajstić information content (AvgIpc) is 1.52. The summed E-state index contributed by atoms with van der Waals surface area (Å²) in [5, 5.41) is 22.3. The number of para-hydroxylation sites is 1. The summed E-state index contributed by atoms with van der Waals surface area (Å²) in [6.45, 7) is 0. The Morgan fingerprint density at radius 2 is 0.409 bits per heavy atom. The van der Waals surface area contributed by atoms with Gasteiger partial charge in [0, 0.05) is 101 Å². The van der Waals surface area contributed by atoms with E-state index < -0.39 is 0 Å². The Morgan fingerprint density at radius 1 is 0.152 bits per heavy atom. The SMILES string of the molecule is c1ccc(-c2cc(-c3ccccc3)n3c4ccccc4c4c5ccccc5ccc4c23)cc1.c1ccc(-c2cc(-c3ccccc3)n3c4cccnc4c4c5ccccc5ccc4c23)cc1.c1ccc(-c2cc(-c3ccccc3)n3c4ncccc4c4c5ccccc5ccc4c23)cc1.c1ccc(-c2cc(-c3ccccc3)n3c4nccnc4c4c5ccccc5ccc4c23)cc1. The predicted molar refractivity (Wildman–Crippen MR) is 554 cm³/mol. The first-order valence-electron chi connectivity index (χ1n) is 45.0. The van der Waals surface area contributed by atoms with Crippen molar-refractivity contribution in [1.29, 1.82) is 0 Å². The van der Waals surface area contributed by atoms with Crippen LogP contribution in [0.4, 0.5) is 0 Å². The summed E-state index contributed by atoms with van der Waals surface area (Å²) in [7, 11) is 0. The third kappa shape index (κ3) is 12.7. The van der Waals surface area contributed by atoms with Crippen LogP contribution in [0.1, 0.15) is 0 Å². The van der Waals surface area contributed by atoms with Crippen LogP contribution in [-0.2, 0) is 0 Å². The topological polar surface area (TPSA) is 69.2 Å². The molecular formula is C124H80N8. The van der Waals surface area contributed by atoms with E-state index in [1.54, 1.807) is 12.4 Å². The van der Waals surface area contributed by atoms with Crippen LogP contribution in [0.5, 0.6) is 0 Å². The Morgan fingerprint density at radius 3 is 0.818 bits per heavy atom. The van der Waals surface area contributed by atoms with Crippen LogP contribution in [0.3, 0.4) is 0 Å². The van der Waals surface area contributed by atoms with Crippen LogP contribution in [0.25, 0.3) is 242 Å². The fourth-order valence-electron chi connectivity index (χ4n) is 20.7. The highest BCUT2D eigenvalue weighted by atomic mass is 15.0. The van der Waals surface area contributed by atoms with Crippen molar-refractivity contribution in [3.63, 3.8) is 0 Å². The largest absolute Gasteiger partial charge is 0.308 e. The number of pyridine rings is 6. The summed E-state index contributed by atoms with van der Waals surface area (Å²) in [5.41, 5.74) is 30.2. The van der Waals surface area contributed by atoms with Crippen LogP contribution in [0, 0.1) is 0 Å². The van der Waals surface area contributed by atoms with Gasteiger partial charge >= 0.3 is 0 Å². The van der Waals surface area contributed by atoms with Crippen LogP contribution < -0.4 is 0 Å². The number of hydrogen-bond donors (Lipinski definition) is 0. The Kier molecular flexibility index (Phi) is 18.8. The van der Waals surface area contributed by atoms with Crippen molar-refractivity contribution in [2.75, 3.05) is 0 Å². The van der Waals surface area contributed by atoms with Crippen molar-refractivity contribution in [2.45, 2.75) is 0 Å². The zero-order valence-electron chi connectivity index (χ0n) is 71.8. The lowest BCUT2D eigenvalue weighted by Gasteiger charge is -2.15. The molecule has 28 aromatic rings. The van der Waals surface area contributed by atoms with Crippen LogP contribution in [0.15, 0.2) is 486 Å². The fourth-order valence-corrected chi connectivity index (χ4v) is 20.7. The van der Waals surface area contributed by atoms with E-state index in [2.05, 4.69) is 467 Å². The van der Waals surface area contributed by atoms with E-state index in [9.17, 15) is 0 Å². The summed E-state index contributed by atoms with van der Waals surface area (Å²) in [6, 6.07) is 164. The maximum Gasteiger partial charge on any atom is 0.164 e. The number of nitrogens with zero attached hydrogens (tertiary/aromatic N) is 8. The molecule has 0 aliphatic heterocycles. The number of rotatable bonds is 8. The van der Waals surface area contributed by atoms with Crippen molar-refractivity contribution in [3.05, 3.63) is 486 Å². The molecule has 0 N–H and O–H groups in total. The Hall–Kier alpha value is -17.7. The van der Waals surface area contributed by atoms with Gasteiger partial charge in [-0.3, -0.25) is 18.8 Å². The molecule has 17 aromatic carbocycles. The second-order valence-electron chi connectivity index (χ2n) is 33.8. The first kappa shape index (κ1) is 76.7. The molecule has 8 heteroatoms. The minimum absolute atomic E-state index is 0.873. The highest BCUT2D eigenvalue weighted by Crippen LogP contribution is 2.49. The molecule has 616 valence electrons. The average molecular weight is 1680 g/mol. The van der Waals surface area contributed by atoms with Crippen molar-refractivity contribution < 1.29 is 0 Å². The third-order valence-electron chi connectivity index (χ3n) is 26.4. The quantitative estimate of drug-likeness (QED) is 0.142. The molecule has 0 spiro atoms. The van der Waals surface area contributed by atoms with Crippen LogP contribution in [-0.4, -0.2) is 37.5 Å². The van der Waals surface area contributed by atoms with Gasteiger partial charge in [-0.15, -0.1) is 0 Å². The molecule has 0 unspecified atom stereocenters. The van der Waals surface area contributed by atoms with Crippen LogP contribution in [0.2, 0.25) is 0 Å². The summed E-state index contributed by atoms with van der Waals surface area (Å²) < 4.78 is 9.50. The molecule has 11 aromatic heterocycles. The summed E-state index contributed by atoms with van der Waals surface area (Å²) in [5.74, 6) is 0. The van der Waals surface area contributed by atoms with Crippen LogP contribution >= 0.6 is 0 Å². The molecule has 28 rings (SSSR count). The molecule has 0 saturated carbocycles. The van der Waals surface area contributed by atoms with E-state index in [4.69, 9.17) is 19.9 Å². The van der Waals surface area contributed by atoms with E-state index >= 15 is 0 Å². The minimum Gasteiger partial charge on any atom is -0.308 e. The monoisotopic (exact) mass is 1680 g/mol. The fraction of sp³-hybridized carbons (Fsp3) is 0. The second kappa shape index (κ2) is 32.3. The highest BCUT2D eigenvalue weighted by molar-refractivity contribution is 6.29. The highest BCUT2D eigenvalue weighted by Gasteiger charge is 2.27. The van der Waals surface area contributed by atoms with Gasteiger partial charge in [-0.25, -0.2) is 9.97 Å². The molecule has 0 aliphatic carbocycles. The normalized spacial score (nSPS) is 11.6. The smallest absolute Gasteiger partial charge is 0.164 e. The molecule has 0 aliphatic rings. The molecule has 8 nitrogen and oxygen atoms in total. The number of fused-ring (bicyclic) bond motifs is 32. The molecule has 0 fully saturated rings. The van der Waals surface area contributed by atoms with Crippen molar-refractivity contribution in [3.8, 4) is 89.5 Å². The number of aromatic nitrogens is 8. The zero-order chi connectivity index (χ0) is 87.1. The molecule has 0 saturated heterocycles. The first-order valence-corrected chi connectivity index (χ1v) is 45.0. The van der Waals surface area contributed by atoms with E-state index in [0.29, 0.717) is 0 Å². The Balaban J connectivity index is 0.0000000945. The second-order valence-corrected chi connectivity index (χ2v) is 33.8. The Labute approximate surface area is 760 Å². The molecule has 132 heavy (non-hydrogen) atoms. The van der Waals surface area contributed by atoms with Crippen molar-refractivity contribution >= 4 is 152 Å². The van der Waals surface area contributed by atoms with E-state index in [1.807, 2.05) is 24.5 Å². The van der Waals surface area contributed by atoms with E-state index in [1.165, 1.54) is 186 Å². The molecule has 11 heterocycles. The lowest BCUT2D eigenvalue weighted by Crippen LogP contribution is -1.98. The number of hydrogen-bond acceptors (Lipinski definition) is 4. The molecular weight excluding hydrogens is 1600 g/mol. The summed E-state index contributed by atoms with van der Waals surface area (Å²) in [4.78, 5) is 19.5. The van der Waals surface area contributed by atoms with Gasteiger partial charge in [-0.05, 0) is 142 Å². The van der Waals surface area contributed by atoms with Gasteiger partial charge in [-0.2, -0.15) is 0 Å². The lowest BCUT2D eigenvalue weighted by molar-refractivity contribution is 1.18. The van der Waals surface area contributed by atoms with E-state index in [0.717, 1.165) is 55.7 Å². The molecule has 0 radical (unpaired) electrons. The van der Waals surface area contributed by atoms with Gasteiger partial charge in [0.05, 0.1) is 61.4 Å². The first-order chi connectivity index (χ1) is 65.6. The van der Waals surface area contributed by atoms with Gasteiger partial charge < -0.3 is 8.80 Å². The van der Waals surface area contributed by atoms with Gasteiger partial charge in [-0.1, -0.05) is 406 Å². The standard InChI is InChI=1S/C32H21N.2C31H20N2.C30H19N3/c1-3-11-22(12-4-1)28-21-30(24-14-5-2-6-15-24)33-29-18-10-9-17-26(29)31-25-16-8-7-13-23(25)19-20-27(31)32(28)33;1-3-10-21(11-4-1)26-20-28(23-13-5-2-6-14-23)33-27-16-9-19-32-30(27)29-24-15-8-7-12-22(24)17-18-25(29)31(26)33;1-3-10-21(11-4-1)27-20-28(23-13-5-2-6-14-23)33-30(27)25-18-17-22-12-7-8-15-24(22)29(25)26-16-9-19-32-31(26)33;1-3-9-20(10-4-1)25-19-26(22-12-5-2-6-13-22)33-29(25)24-16-15-21-11-7-8-14-23(21)27(24)28-30(33)32-18-17-31-28/h1-21H;2*1-20H;1-19H. The van der Waals surface area contributed by atoms with Crippen molar-refractivity contribution in [1.82, 2.24) is 37.5 Å². The maximum atomic E-state index is 4.92. The maximum absolute atomic E-state index is 4.92. The molecule has 0 atom stereocenters. The van der Waals surface area contributed by atoms with Gasteiger partial charge in [0.25, 0.3) is 0 Å². The number of benzene rings is 17. The predicted octanol–water partition coefficient (Wildman–Crippen LogP) is 32.5. The minimum atomic E-state index is 0.873. The lowest BCUT2D eigenvalue weighted by atomic mass is 9.96. The zero-order valence-corrected chi connectivity index (χ0v) is 71.8. The third-order valence-corrected chi connectivity index (χ3v) is 26.4. The van der Waals surface area contributed by atoms with Gasteiger partial charge in [0.15, 0.2) is 5.65 Å². The van der Waals surface area contributed by atoms with Crippen molar-refractivity contribution in [2.24, 2.45) is 0 Å². The Bertz CT molecular complexity index is 8270. The van der Waals surface area contributed by atoms with Gasteiger partial charge in [0.2, 0.25) is 0 Å². The molecule has 0 amide bonds. The van der Waals surface area contributed by atoms with E-state index in [-0.39, 0.29) is 0 Å². The molecule has 0 bridgehead atoms. The van der Waals surface area contributed by atoms with Gasteiger partial charge in [0.1, 0.15) is 11.2 Å².